The smallest absolute Gasteiger partial charge is 0.244 e. The maximum Gasteiger partial charge on any atom is 0.244 e. The number of halogens is 1. The molecule has 0 radical (unpaired) electrons. The normalized spacial score (nSPS) is 20.8. The zero-order valence-corrected chi connectivity index (χ0v) is 15.1. The molecule has 1 aliphatic heterocycles. The molecule has 2 aromatic heterocycles. The predicted octanol–water partition coefficient (Wildman–Crippen LogP) is 0.428. The van der Waals surface area contributed by atoms with Crippen LogP contribution in [0.1, 0.15) is 19.4 Å². The zero-order chi connectivity index (χ0) is 18.7. The number of rotatable bonds is 6. The Kier molecular flexibility index (Phi) is 5.29. The number of anilines is 2. The van der Waals surface area contributed by atoms with Crippen molar-refractivity contribution >= 4 is 17.7 Å². The lowest BCUT2D eigenvalue weighted by molar-refractivity contribution is -0.124. The van der Waals surface area contributed by atoms with Crippen LogP contribution in [-0.2, 0) is 4.79 Å². The molecule has 0 spiro atoms. The van der Waals surface area contributed by atoms with E-state index in [9.17, 15) is 9.18 Å². The first-order chi connectivity index (χ1) is 12.5. The highest BCUT2D eigenvalue weighted by molar-refractivity contribution is 5.79. The fourth-order valence-electron chi connectivity index (χ4n) is 2.95. The molecule has 1 aliphatic rings. The third-order valence-corrected chi connectivity index (χ3v) is 4.41. The van der Waals surface area contributed by atoms with Crippen molar-refractivity contribution in [2.24, 2.45) is 0 Å². The average molecular weight is 362 g/mol. The molecule has 0 aliphatic carbocycles. The fraction of sp³-hybridized carbons (Fsp3) is 0.562. The lowest BCUT2D eigenvalue weighted by atomic mass is 10.2. The SMILES string of the molecule is CC(C(=O)NC[C@@H]1C[C@H](F)CN1c1ccnc(N(C)C)n1)n1cncn1. The van der Waals surface area contributed by atoms with Gasteiger partial charge in [0, 0.05) is 33.3 Å². The van der Waals surface area contributed by atoms with Crippen LogP contribution in [0.25, 0.3) is 0 Å². The lowest BCUT2D eigenvalue weighted by Crippen LogP contribution is -2.42. The molecular formula is C16H23FN8O. The van der Waals surface area contributed by atoms with Crippen molar-refractivity contribution in [3.8, 4) is 0 Å². The Morgan fingerprint density at radius 3 is 3.00 bits per heavy atom. The first-order valence-electron chi connectivity index (χ1n) is 8.48. The van der Waals surface area contributed by atoms with Crippen LogP contribution in [0, 0.1) is 0 Å². The van der Waals surface area contributed by atoms with Gasteiger partial charge in [0.1, 0.15) is 30.7 Å². The highest BCUT2D eigenvalue weighted by Crippen LogP contribution is 2.26. The molecule has 0 saturated carbocycles. The highest BCUT2D eigenvalue weighted by Gasteiger charge is 2.33. The van der Waals surface area contributed by atoms with Crippen LogP contribution in [0.15, 0.2) is 24.9 Å². The topological polar surface area (TPSA) is 92.1 Å². The number of hydrogen-bond donors (Lipinski definition) is 1. The lowest BCUT2D eigenvalue weighted by Gasteiger charge is -2.26. The number of hydrogen-bond acceptors (Lipinski definition) is 7. The minimum absolute atomic E-state index is 0.165. The molecule has 10 heteroatoms. The Morgan fingerprint density at radius 1 is 1.50 bits per heavy atom. The van der Waals surface area contributed by atoms with Crippen LogP contribution < -0.4 is 15.1 Å². The summed E-state index contributed by atoms with van der Waals surface area (Å²) in [5.41, 5.74) is 0. The first kappa shape index (κ1) is 18.0. The monoisotopic (exact) mass is 362 g/mol. The van der Waals surface area contributed by atoms with Gasteiger partial charge in [0.2, 0.25) is 11.9 Å². The maximum atomic E-state index is 14.0. The van der Waals surface area contributed by atoms with E-state index in [1.54, 1.807) is 24.1 Å². The Hall–Kier alpha value is -2.78. The fourth-order valence-corrected chi connectivity index (χ4v) is 2.95. The number of carbonyl (C=O) groups excluding carboxylic acids is 1. The largest absolute Gasteiger partial charge is 0.352 e. The van der Waals surface area contributed by atoms with Crippen LogP contribution in [0.3, 0.4) is 0 Å². The Balaban J connectivity index is 1.66. The van der Waals surface area contributed by atoms with Gasteiger partial charge in [0.05, 0.1) is 12.6 Å². The van der Waals surface area contributed by atoms with E-state index in [-0.39, 0.29) is 18.5 Å². The Morgan fingerprint density at radius 2 is 2.31 bits per heavy atom. The molecule has 26 heavy (non-hydrogen) atoms. The van der Waals surface area contributed by atoms with Crippen molar-refractivity contribution < 1.29 is 9.18 Å². The summed E-state index contributed by atoms with van der Waals surface area (Å²) < 4.78 is 15.5. The summed E-state index contributed by atoms with van der Waals surface area (Å²) in [6.07, 6.45) is 3.92. The zero-order valence-electron chi connectivity index (χ0n) is 15.1. The van der Waals surface area contributed by atoms with E-state index in [1.165, 1.54) is 17.3 Å². The van der Waals surface area contributed by atoms with E-state index in [0.29, 0.717) is 24.7 Å². The molecule has 3 heterocycles. The maximum absolute atomic E-state index is 14.0. The van der Waals surface area contributed by atoms with Gasteiger partial charge in [-0.3, -0.25) is 4.79 Å². The van der Waals surface area contributed by atoms with Crippen molar-refractivity contribution in [1.29, 1.82) is 0 Å². The van der Waals surface area contributed by atoms with E-state index in [1.807, 2.05) is 19.0 Å². The van der Waals surface area contributed by atoms with Crippen molar-refractivity contribution in [2.45, 2.75) is 31.6 Å². The number of nitrogens with one attached hydrogen (secondary N) is 1. The summed E-state index contributed by atoms with van der Waals surface area (Å²) in [6.45, 7) is 2.32. The van der Waals surface area contributed by atoms with Gasteiger partial charge in [0.25, 0.3) is 0 Å². The first-order valence-corrected chi connectivity index (χ1v) is 8.48. The Bertz CT molecular complexity index is 738. The van der Waals surface area contributed by atoms with Crippen molar-refractivity contribution in [2.75, 3.05) is 37.0 Å². The van der Waals surface area contributed by atoms with Gasteiger partial charge < -0.3 is 15.1 Å². The van der Waals surface area contributed by atoms with Crippen LogP contribution in [0.4, 0.5) is 16.2 Å². The second-order valence-corrected chi connectivity index (χ2v) is 6.55. The summed E-state index contributed by atoms with van der Waals surface area (Å²) in [5, 5.41) is 6.85. The number of carbonyl (C=O) groups is 1. The molecule has 2 aromatic rings. The number of nitrogens with zero attached hydrogens (tertiary/aromatic N) is 7. The highest BCUT2D eigenvalue weighted by atomic mass is 19.1. The van der Waals surface area contributed by atoms with Gasteiger partial charge in [-0.15, -0.1) is 0 Å². The summed E-state index contributed by atoms with van der Waals surface area (Å²) in [5.74, 6) is 1.04. The molecule has 1 amide bonds. The van der Waals surface area contributed by atoms with E-state index < -0.39 is 12.2 Å². The average Bonchev–Trinajstić information content (AvgIpc) is 3.28. The van der Waals surface area contributed by atoms with E-state index in [2.05, 4.69) is 25.4 Å². The van der Waals surface area contributed by atoms with Crippen molar-refractivity contribution in [3.63, 3.8) is 0 Å². The summed E-state index contributed by atoms with van der Waals surface area (Å²) in [7, 11) is 3.70. The third-order valence-electron chi connectivity index (χ3n) is 4.41. The molecule has 3 rings (SSSR count). The molecule has 9 nitrogen and oxygen atoms in total. The van der Waals surface area contributed by atoms with Crippen molar-refractivity contribution in [1.82, 2.24) is 30.0 Å². The molecule has 0 bridgehead atoms. The van der Waals surface area contributed by atoms with Gasteiger partial charge in [0.15, 0.2) is 0 Å². The van der Waals surface area contributed by atoms with Crippen LogP contribution in [0.5, 0.6) is 0 Å². The molecule has 0 aromatic carbocycles. The van der Waals surface area contributed by atoms with E-state index in [0.717, 1.165) is 0 Å². The minimum atomic E-state index is -0.956. The molecular weight excluding hydrogens is 339 g/mol. The van der Waals surface area contributed by atoms with E-state index >= 15 is 0 Å². The molecule has 1 fully saturated rings. The second-order valence-electron chi connectivity index (χ2n) is 6.55. The summed E-state index contributed by atoms with van der Waals surface area (Å²) in [4.78, 5) is 28.5. The molecule has 3 atom stereocenters. The molecule has 1 N–H and O–H groups in total. The second kappa shape index (κ2) is 7.63. The quantitative estimate of drug-likeness (QED) is 0.796. The van der Waals surface area contributed by atoms with E-state index in [4.69, 9.17) is 0 Å². The summed E-state index contributed by atoms with van der Waals surface area (Å²) >= 11 is 0. The van der Waals surface area contributed by atoms with Crippen LogP contribution in [0.2, 0.25) is 0 Å². The number of amides is 1. The van der Waals surface area contributed by atoms with Crippen LogP contribution in [-0.4, -0.2) is 70.0 Å². The molecule has 1 saturated heterocycles. The van der Waals surface area contributed by atoms with Crippen molar-refractivity contribution in [3.05, 3.63) is 24.9 Å². The summed E-state index contributed by atoms with van der Waals surface area (Å²) in [6, 6.07) is 1.12. The van der Waals surface area contributed by atoms with Gasteiger partial charge in [-0.05, 0) is 13.0 Å². The standard InChI is InChI=1S/C16H23FN8O/c1-11(25-10-18-9-21-25)15(26)20-7-13-6-12(17)8-24(13)14-4-5-19-16(22-14)23(2)3/h4-5,9-13H,6-8H2,1-3H3,(H,20,26)/t11?,12-,13-/m0/s1. The Labute approximate surface area is 151 Å². The molecule has 140 valence electrons. The van der Waals surface area contributed by atoms with Gasteiger partial charge in [-0.1, -0.05) is 0 Å². The van der Waals surface area contributed by atoms with Gasteiger partial charge >= 0.3 is 0 Å². The third kappa shape index (κ3) is 3.89. The van der Waals surface area contributed by atoms with Gasteiger partial charge in [-0.2, -0.15) is 10.1 Å². The number of alkyl halides is 1. The predicted molar refractivity (Wildman–Crippen MR) is 94.7 cm³/mol. The minimum Gasteiger partial charge on any atom is -0.352 e. The number of aromatic nitrogens is 5. The molecule has 1 unspecified atom stereocenters. The van der Waals surface area contributed by atoms with Crippen LogP contribution >= 0.6 is 0 Å². The van der Waals surface area contributed by atoms with Gasteiger partial charge in [-0.25, -0.2) is 19.0 Å².